The van der Waals surface area contributed by atoms with Gasteiger partial charge in [0.1, 0.15) is 9.90 Å². The molecule has 0 saturated heterocycles. The summed E-state index contributed by atoms with van der Waals surface area (Å²) in [4.78, 5) is -0.0826. The second-order valence-electron chi connectivity index (χ2n) is 5.87. The van der Waals surface area contributed by atoms with Gasteiger partial charge < -0.3 is 0 Å². The van der Waals surface area contributed by atoms with Crippen molar-refractivity contribution < 1.29 is 0 Å². The fourth-order valence-corrected chi connectivity index (χ4v) is 3.27. The Morgan fingerprint density at radius 3 is 2.07 bits per heavy atom. The molecule has 0 aromatic heterocycles. The zero-order valence-corrected chi connectivity index (χ0v) is 11.7. The highest BCUT2D eigenvalue weighted by molar-refractivity contribution is 8.04. The molecule has 86 valence electrons. The van der Waals surface area contributed by atoms with Crippen molar-refractivity contribution >= 4 is 11.8 Å². The first-order chi connectivity index (χ1) is 6.63. The molecule has 3 heteroatoms. The third kappa shape index (κ3) is 3.07. The molecule has 0 unspecified atom stereocenters. The van der Waals surface area contributed by atoms with E-state index in [1.807, 2.05) is 0 Å². The first kappa shape index (κ1) is 12.8. The Labute approximate surface area is 97.6 Å². The van der Waals surface area contributed by atoms with Crippen molar-refractivity contribution in [3.63, 3.8) is 0 Å². The van der Waals surface area contributed by atoms with E-state index in [-0.39, 0.29) is 10.3 Å². The minimum Gasteiger partial charge on any atom is -0.171 e. The summed E-state index contributed by atoms with van der Waals surface area (Å²) in [5.74, 6) is 0.528. The van der Waals surface area contributed by atoms with Crippen LogP contribution in [0.5, 0.6) is 0 Å². The summed E-state index contributed by atoms with van der Waals surface area (Å²) in [5, 5.41) is 9.77. The van der Waals surface area contributed by atoms with Gasteiger partial charge in [0.15, 0.2) is 0 Å². The first-order valence-electron chi connectivity index (χ1n) is 5.50. The molecule has 0 aromatic carbocycles. The Hall–Kier alpha value is -0.310. The molecule has 0 aromatic rings. The summed E-state index contributed by atoms with van der Waals surface area (Å²) >= 11 is 1.78. The third-order valence-electron chi connectivity index (χ3n) is 2.34. The predicted molar refractivity (Wildman–Crippen MR) is 67.8 cm³/mol. The lowest BCUT2D eigenvalue weighted by Crippen LogP contribution is -2.16. The lowest BCUT2D eigenvalue weighted by molar-refractivity contribution is 0.445. The largest absolute Gasteiger partial charge is 0.171 e. The second-order valence-corrected chi connectivity index (χ2v) is 7.46. The van der Waals surface area contributed by atoms with Gasteiger partial charge in [-0.05, 0) is 30.8 Å². The van der Waals surface area contributed by atoms with Crippen molar-refractivity contribution in [2.75, 3.05) is 0 Å². The van der Waals surface area contributed by atoms with Gasteiger partial charge in [-0.25, -0.2) is 0 Å². The quantitative estimate of drug-likeness (QED) is 0.628. The molecule has 0 fully saturated rings. The van der Waals surface area contributed by atoms with E-state index in [1.54, 1.807) is 11.8 Å². The average molecular weight is 226 g/mol. The van der Waals surface area contributed by atoms with Gasteiger partial charge in [-0.3, -0.25) is 0 Å². The second kappa shape index (κ2) is 3.93. The molecule has 2 nitrogen and oxygen atoms in total. The molecule has 0 aliphatic carbocycles. The zero-order valence-electron chi connectivity index (χ0n) is 10.9. The zero-order chi connectivity index (χ0) is 11.9. The maximum absolute atomic E-state index is 4.34. The fraction of sp³-hybridized carbons (Fsp3) is 0.833. The lowest BCUT2D eigenvalue weighted by Gasteiger charge is -2.27. The third-order valence-corrected chi connectivity index (χ3v) is 3.42. The molecule has 0 radical (unpaired) electrons. The lowest BCUT2D eigenvalue weighted by atomic mass is 9.81. The van der Waals surface area contributed by atoms with E-state index in [1.165, 1.54) is 5.57 Å². The Balaban J connectivity index is 3.12. The molecular formula is C12H22N2S. The minimum atomic E-state index is -0.0826. The molecule has 0 saturated carbocycles. The Bertz CT molecular complexity index is 306. The van der Waals surface area contributed by atoms with Crippen molar-refractivity contribution in [2.24, 2.45) is 21.6 Å². The van der Waals surface area contributed by atoms with E-state index in [0.717, 1.165) is 5.03 Å². The van der Waals surface area contributed by atoms with Gasteiger partial charge in [0.2, 0.25) is 0 Å². The number of hydrogen-bond acceptors (Lipinski definition) is 3. The highest BCUT2D eigenvalue weighted by Gasteiger charge is 2.32. The van der Waals surface area contributed by atoms with Crippen molar-refractivity contribution in [1.29, 1.82) is 0 Å². The Kier molecular flexibility index (Phi) is 3.34. The number of rotatable bonds is 1. The van der Waals surface area contributed by atoms with Crippen molar-refractivity contribution in [3.8, 4) is 0 Å². The molecular weight excluding hydrogens is 204 g/mol. The van der Waals surface area contributed by atoms with Gasteiger partial charge >= 0.3 is 0 Å². The normalized spacial score (nSPS) is 23.7. The van der Waals surface area contributed by atoms with Crippen LogP contribution < -0.4 is 0 Å². The van der Waals surface area contributed by atoms with Crippen LogP contribution >= 0.6 is 11.8 Å². The van der Waals surface area contributed by atoms with E-state index in [0.29, 0.717) is 5.92 Å². The van der Waals surface area contributed by atoms with Gasteiger partial charge in [-0.15, -0.1) is 5.11 Å². The van der Waals surface area contributed by atoms with E-state index in [2.05, 4.69) is 58.7 Å². The monoisotopic (exact) mass is 226 g/mol. The number of thioether (sulfide) groups is 1. The molecule has 1 aliphatic rings. The van der Waals surface area contributed by atoms with Gasteiger partial charge in [-0.2, -0.15) is 5.11 Å². The number of hydrogen-bond donors (Lipinski definition) is 0. The maximum Gasteiger partial charge on any atom is 0.127 e. The average Bonchev–Trinajstić information content (AvgIpc) is 2.25. The predicted octanol–water partition coefficient (Wildman–Crippen LogP) is 4.84. The van der Waals surface area contributed by atoms with Crippen LogP contribution in [-0.2, 0) is 0 Å². The fourth-order valence-electron chi connectivity index (χ4n) is 1.99. The van der Waals surface area contributed by atoms with Gasteiger partial charge in [0.05, 0.1) is 0 Å². The van der Waals surface area contributed by atoms with Crippen LogP contribution in [0.2, 0.25) is 0 Å². The molecule has 0 bridgehead atoms. The van der Waals surface area contributed by atoms with Crippen molar-refractivity contribution in [3.05, 3.63) is 10.6 Å². The highest BCUT2D eigenvalue weighted by atomic mass is 32.2. The number of allylic oxidation sites excluding steroid dienone is 1. The summed E-state index contributed by atoms with van der Waals surface area (Å²) in [5.41, 5.74) is 1.59. The molecule has 1 rings (SSSR count). The van der Waals surface area contributed by atoms with Gasteiger partial charge in [0, 0.05) is 0 Å². The summed E-state index contributed by atoms with van der Waals surface area (Å²) < 4.78 is 0. The number of azo groups is 1. The molecule has 0 amide bonds. The number of nitrogens with zero attached hydrogens (tertiary/aromatic N) is 2. The van der Waals surface area contributed by atoms with Crippen LogP contribution in [-0.4, -0.2) is 4.87 Å². The smallest absolute Gasteiger partial charge is 0.127 e. The van der Waals surface area contributed by atoms with Gasteiger partial charge in [0.25, 0.3) is 0 Å². The highest BCUT2D eigenvalue weighted by Crippen LogP contribution is 2.47. The van der Waals surface area contributed by atoms with Crippen LogP contribution in [0.25, 0.3) is 0 Å². The van der Waals surface area contributed by atoms with E-state index < -0.39 is 0 Å². The Morgan fingerprint density at radius 2 is 1.80 bits per heavy atom. The summed E-state index contributed by atoms with van der Waals surface area (Å²) in [6, 6.07) is 0. The van der Waals surface area contributed by atoms with Crippen LogP contribution in [0.15, 0.2) is 20.8 Å². The summed E-state index contributed by atoms with van der Waals surface area (Å²) in [6.45, 7) is 15.4. The first-order valence-corrected chi connectivity index (χ1v) is 6.32. The van der Waals surface area contributed by atoms with Crippen LogP contribution in [0.3, 0.4) is 0 Å². The summed E-state index contributed by atoms with van der Waals surface area (Å²) in [6.07, 6.45) is 0. The maximum atomic E-state index is 4.34. The molecule has 0 spiro atoms. The van der Waals surface area contributed by atoms with Crippen LogP contribution in [0.1, 0.15) is 48.5 Å². The summed E-state index contributed by atoms with van der Waals surface area (Å²) in [7, 11) is 0. The Morgan fingerprint density at radius 1 is 1.27 bits per heavy atom. The molecule has 1 heterocycles. The van der Waals surface area contributed by atoms with Gasteiger partial charge in [-0.1, -0.05) is 46.4 Å². The van der Waals surface area contributed by atoms with Crippen LogP contribution in [0.4, 0.5) is 0 Å². The molecule has 1 aliphatic heterocycles. The van der Waals surface area contributed by atoms with E-state index >= 15 is 0 Å². The molecule has 0 atom stereocenters. The van der Waals surface area contributed by atoms with E-state index in [4.69, 9.17) is 0 Å². The molecule has 0 N–H and O–H groups in total. The molecule has 15 heavy (non-hydrogen) atoms. The minimum absolute atomic E-state index is 0.0826. The topological polar surface area (TPSA) is 24.7 Å². The van der Waals surface area contributed by atoms with Crippen molar-refractivity contribution in [1.82, 2.24) is 0 Å². The van der Waals surface area contributed by atoms with Crippen LogP contribution in [0, 0.1) is 11.3 Å². The standard InChI is InChI=1S/C12H22N2S/c1-8(2)9(11(3,4)5)10-13-14-12(6,7)15-10/h8H,1-7H3/b10-9-. The van der Waals surface area contributed by atoms with E-state index in [9.17, 15) is 0 Å². The SMILES string of the molecule is CC(C)/C(=C1\N=NC(C)(C)S1)C(C)(C)C. The van der Waals surface area contributed by atoms with Crippen molar-refractivity contribution in [2.45, 2.75) is 53.3 Å².